The number of ether oxygens (including phenoxy) is 1. The lowest BCUT2D eigenvalue weighted by molar-refractivity contribution is -0.145. The van der Waals surface area contributed by atoms with E-state index < -0.39 is 0 Å². The highest BCUT2D eigenvalue weighted by atomic mass is 16.5. The molecule has 2 rings (SSSR count). The van der Waals surface area contributed by atoms with Crippen molar-refractivity contribution < 1.29 is 9.53 Å². The van der Waals surface area contributed by atoms with Crippen molar-refractivity contribution in [3.05, 3.63) is 0 Å². The third kappa shape index (κ3) is 1.76. The van der Waals surface area contributed by atoms with Crippen molar-refractivity contribution in [1.82, 2.24) is 4.90 Å². The zero-order valence-corrected chi connectivity index (χ0v) is 9.37. The number of hydrogen-bond donors (Lipinski definition) is 1. The van der Waals surface area contributed by atoms with Crippen LogP contribution >= 0.6 is 0 Å². The van der Waals surface area contributed by atoms with E-state index >= 15 is 0 Å². The predicted octanol–water partition coefficient (Wildman–Crippen LogP) is 0.363. The molecule has 0 bridgehead atoms. The first kappa shape index (κ1) is 10.9. The highest BCUT2D eigenvalue weighted by Gasteiger charge is 2.46. The molecule has 2 aliphatic rings. The lowest BCUT2D eigenvalue weighted by Gasteiger charge is -2.41. The van der Waals surface area contributed by atoms with Gasteiger partial charge in [0.15, 0.2) is 0 Å². The summed E-state index contributed by atoms with van der Waals surface area (Å²) >= 11 is 0. The van der Waals surface area contributed by atoms with E-state index in [0.29, 0.717) is 6.54 Å². The molecule has 0 spiro atoms. The molecule has 15 heavy (non-hydrogen) atoms. The number of amides is 1. The van der Waals surface area contributed by atoms with Gasteiger partial charge in [-0.15, -0.1) is 0 Å². The number of likely N-dealkylation sites (tertiary alicyclic amines) is 1. The molecule has 1 amide bonds. The van der Waals surface area contributed by atoms with Crippen molar-refractivity contribution in [2.75, 3.05) is 26.7 Å². The summed E-state index contributed by atoms with van der Waals surface area (Å²) in [5.41, 5.74) is 5.51. The minimum atomic E-state index is -0.220. The van der Waals surface area contributed by atoms with Gasteiger partial charge in [-0.25, -0.2) is 0 Å². The Kier molecular flexibility index (Phi) is 2.98. The van der Waals surface area contributed by atoms with Crippen LogP contribution in [-0.4, -0.2) is 43.7 Å². The van der Waals surface area contributed by atoms with Gasteiger partial charge in [-0.3, -0.25) is 4.79 Å². The van der Waals surface area contributed by atoms with Crippen LogP contribution in [-0.2, 0) is 9.53 Å². The highest BCUT2D eigenvalue weighted by molar-refractivity contribution is 5.84. The summed E-state index contributed by atoms with van der Waals surface area (Å²) in [6, 6.07) is 0. The van der Waals surface area contributed by atoms with Crippen LogP contribution in [0.5, 0.6) is 0 Å². The molecule has 0 aromatic carbocycles. The van der Waals surface area contributed by atoms with Gasteiger partial charge in [-0.05, 0) is 19.3 Å². The smallest absolute Gasteiger partial charge is 0.230 e. The fraction of sp³-hybridized carbons (Fsp3) is 0.909. The van der Waals surface area contributed by atoms with Crippen LogP contribution in [0.2, 0.25) is 0 Å². The van der Waals surface area contributed by atoms with Crippen molar-refractivity contribution in [1.29, 1.82) is 0 Å². The minimum absolute atomic E-state index is 0.220. The molecular formula is C11H20N2O2. The number of nitrogens with zero attached hydrogens (tertiary/aromatic N) is 1. The first-order valence-electron chi connectivity index (χ1n) is 5.74. The molecule has 86 valence electrons. The van der Waals surface area contributed by atoms with Gasteiger partial charge in [0, 0.05) is 26.7 Å². The average Bonchev–Trinajstić information content (AvgIpc) is 2.64. The van der Waals surface area contributed by atoms with Crippen molar-refractivity contribution in [3.63, 3.8) is 0 Å². The number of hydrogen-bond acceptors (Lipinski definition) is 3. The maximum Gasteiger partial charge on any atom is 0.230 e. The summed E-state index contributed by atoms with van der Waals surface area (Å²) in [6.45, 7) is 2.08. The van der Waals surface area contributed by atoms with Gasteiger partial charge in [0.25, 0.3) is 0 Å². The molecule has 1 aliphatic carbocycles. The van der Waals surface area contributed by atoms with Crippen molar-refractivity contribution in [3.8, 4) is 0 Å². The lowest BCUT2D eigenvalue weighted by Crippen LogP contribution is -2.51. The first-order valence-corrected chi connectivity index (χ1v) is 5.74. The van der Waals surface area contributed by atoms with Crippen LogP contribution in [0.3, 0.4) is 0 Å². The topological polar surface area (TPSA) is 55.6 Å². The summed E-state index contributed by atoms with van der Waals surface area (Å²) in [6.07, 6.45) is 4.27. The lowest BCUT2D eigenvalue weighted by atomic mass is 9.68. The second kappa shape index (κ2) is 4.10. The Labute approximate surface area is 90.8 Å². The molecule has 1 aliphatic heterocycles. The van der Waals surface area contributed by atoms with E-state index in [1.807, 2.05) is 4.90 Å². The minimum Gasteiger partial charge on any atom is -0.380 e. The quantitative estimate of drug-likeness (QED) is 0.735. The molecule has 1 saturated heterocycles. The largest absolute Gasteiger partial charge is 0.380 e. The summed E-state index contributed by atoms with van der Waals surface area (Å²) in [5.74, 6) is 0.260. The number of methoxy groups -OCH3 is 1. The van der Waals surface area contributed by atoms with E-state index in [4.69, 9.17) is 10.5 Å². The van der Waals surface area contributed by atoms with Crippen LogP contribution in [0, 0.1) is 5.41 Å². The molecule has 4 nitrogen and oxygen atoms in total. The van der Waals surface area contributed by atoms with Crippen LogP contribution in [0.4, 0.5) is 0 Å². The molecule has 4 heteroatoms. The van der Waals surface area contributed by atoms with E-state index in [1.165, 1.54) is 0 Å². The molecule has 0 radical (unpaired) electrons. The van der Waals surface area contributed by atoms with Crippen LogP contribution in [0.1, 0.15) is 25.7 Å². The molecule has 1 saturated carbocycles. The van der Waals surface area contributed by atoms with E-state index in [9.17, 15) is 4.79 Å². The molecule has 2 fully saturated rings. The number of carbonyl (C=O) groups excluding carboxylic acids is 1. The monoisotopic (exact) mass is 212 g/mol. The SMILES string of the molecule is COC1CCN(C(=O)C2(CN)CCC2)C1. The molecule has 1 atom stereocenters. The fourth-order valence-electron chi connectivity index (χ4n) is 2.55. The predicted molar refractivity (Wildman–Crippen MR) is 57.3 cm³/mol. The van der Waals surface area contributed by atoms with Gasteiger partial charge in [-0.1, -0.05) is 6.42 Å². The number of nitrogens with two attached hydrogens (primary N) is 1. The molecule has 2 N–H and O–H groups in total. The zero-order valence-electron chi connectivity index (χ0n) is 9.37. The third-order valence-corrected chi connectivity index (χ3v) is 3.92. The Bertz CT molecular complexity index is 245. The fourth-order valence-corrected chi connectivity index (χ4v) is 2.55. The first-order chi connectivity index (χ1) is 7.22. The molecule has 1 heterocycles. The Balaban J connectivity index is 1.96. The highest BCUT2D eigenvalue weighted by Crippen LogP contribution is 2.42. The van der Waals surface area contributed by atoms with Gasteiger partial charge in [0.05, 0.1) is 11.5 Å². The van der Waals surface area contributed by atoms with Crippen molar-refractivity contribution >= 4 is 5.91 Å². The molecular weight excluding hydrogens is 192 g/mol. The van der Waals surface area contributed by atoms with Gasteiger partial charge in [-0.2, -0.15) is 0 Å². The summed E-state index contributed by atoms with van der Waals surface area (Å²) in [4.78, 5) is 14.2. The van der Waals surface area contributed by atoms with E-state index in [-0.39, 0.29) is 17.4 Å². The number of carbonyl (C=O) groups is 1. The van der Waals surface area contributed by atoms with Gasteiger partial charge in [0.2, 0.25) is 5.91 Å². The second-order valence-corrected chi connectivity index (χ2v) is 4.74. The Morgan fingerprint density at radius 2 is 2.33 bits per heavy atom. The third-order valence-electron chi connectivity index (χ3n) is 3.92. The Morgan fingerprint density at radius 1 is 1.60 bits per heavy atom. The van der Waals surface area contributed by atoms with E-state index in [0.717, 1.165) is 38.8 Å². The normalized spacial score (nSPS) is 28.9. The van der Waals surface area contributed by atoms with Crippen molar-refractivity contribution in [2.45, 2.75) is 31.8 Å². The number of rotatable bonds is 3. The van der Waals surface area contributed by atoms with Crippen molar-refractivity contribution in [2.24, 2.45) is 11.1 Å². The maximum absolute atomic E-state index is 12.2. The van der Waals surface area contributed by atoms with E-state index in [2.05, 4.69) is 0 Å². The van der Waals surface area contributed by atoms with Gasteiger partial charge >= 0.3 is 0 Å². The summed E-state index contributed by atoms with van der Waals surface area (Å²) in [7, 11) is 1.71. The molecule has 1 unspecified atom stereocenters. The molecule has 0 aromatic rings. The summed E-state index contributed by atoms with van der Waals surface area (Å²) < 4.78 is 5.26. The van der Waals surface area contributed by atoms with Gasteiger partial charge in [0.1, 0.15) is 0 Å². The molecule has 0 aromatic heterocycles. The average molecular weight is 212 g/mol. The van der Waals surface area contributed by atoms with Gasteiger partial charge < -0.3 is 15.4 Å². The van der Waals surface area contributed by atoms with E-state index in [1.54, 1.807) is 7.11 Å². The Morgan fingerprint density at radius 3 is 2.73 bits per heavy atom. The van der Waals surface area contributed by atoms with Crippen LogP contribution in [0.25, 0.3) is 0 Å². The van der Waals surface area contributed by atoms with Crippen LogP contribution < -0.4 is 5.73 Å². The summed E-state index contributed by atoms with van der Waals surface area (Å²) in [5, 5.41) is 0. The van der Waals surface area contributed by atoms with Crippen LogP contribution in [0.15, 0.2) is 0 Å². The maximum atomic E-state index is 12.2. The Hall–Kier alpha value is -0.610. The second-order valence-electron chi connectivity index (χ2n) is 4.74. The zero-order chi connectivity index (χ0) is 10.9. The standard InChI is InChI=1S/C11H20N2O2/c1-15-9-3-6-13(7-9)10(14)11(8-12)4-2-5-11/h9H,2-8,12H2,1H3.